The Morgan fingerprint density at radius 1 is 1.00 bits per heavy atom. The molecule has 136 valence electrons. The lowest BCUT2D eigenvalue weighted by atomic mass is 9.96. The van der Waals surface area contributed by atoms with E-state index >= 15 is 0 Å². The minimum Gasteiger partial charge on any atom is -0.481 e. The molecular weight excluding hydrogens is 363 g/mol. The fourth-order valence-corrected chi connectivity index (χ4v) is 2.29. The number of hydrogen-bond acceptors (Lipinski definition) is 8. The van der Waals surface area contributed by atoms with Crippen molar-refractivity contribution in [2.24, 2.45) is 0 Å². The minimum atomic E-state index is -5.27. The molecule has 0 aliphatic rings. The smallest absolute Gasteiger partial charge is 0.481 e. The van der Waals surface area contributed by atoms with Gasteiger partial charge >= 0.3 is 31.7 Å². The van der Waals surface area contributed by atoms with Crippen molar-refractivity contribution in [3.63, 3.8) is 0 Å². The number of hydrogen-bond donors (Lipinski definition) is 4. The number of carboxylic acid groups (broad SMARTS) is 2. The first-order valence-corrected chi connectivity index (χ1v) is 7.96. The SMILES string of the molecule is O=C(O)CC(O)(CC(=O)OP(=O)(O)OC(=O)c1ccccc1)C(=O)O. The Kier molecular flexibility index (Phi) is 6.40. The van der Waals surface area contributed by atoms with E-state index < -0.39 is 50.1 Å². The van der Waals surface area contributed by atoms with Crippen molar-refractivity contribution in [2.75, 3.05) is 0 Å². The number of aliphatic carboxylic acids is 2. The molecule has 1 aromatic carbocycles. The second-order valence-corrected chi connectivity index (χ2v) is 6.06. The predicted molar refractivity (Wildman–Crippen MR) is 77.2 cm³/mol. The molecule has 1 aromatic rings. The quantitative estimate of drug-likeness (QED) is 0.453. The average Bonchev–Trinajstić information content (AvgIpc) is 2.45. The van der Waals surface area contributed by atoms with Gasteiger partial charge in [-0.2, -0.15) is 0 Å². The van der Waals surface area contributed by atoms with Gasteiger partial charge in [0.1, 0.15) is 0 Å². The number of carboxylic acids is 2. The number of carbonyl (C=O) groups excluding carboxylic acids is 2. The van der Waals surface area contributed by atoms with Crippen LogP contribution in [-0.2, 0) is 28.0 Å². The molecule has 0 saturated carbocycles. The predicted octanol–water partition coefficient (Wildman–Crippen LogP) is 0.168. The fourth-order valence-electron chi connectivity index (χ4n) is 1.61. The third kappa shape index (κ3) is 6.34. The highest BCUT2D eigenvalue weighted by molar-refractivity contribution is 7.48. The van der Waals surface area contributed by atoms with Gasteiger partial charge in [-0.15, -0.1) is 0 Å². The molecule has 0 spiro atoms. The molecule has 2 unspecified atom stereocenters. The molecule has 25 heavy (non-hydrogen) atoms. The van der Waals surface area contributed by atoms with E-state index in [0.717, 1.165) is 0 Å². The second-order valence-electron chi connectivity index (χ2n) is 4.76. The van der Waals surface area contributed by atoms with Crippen LogP contribution in [0.3, 0.4) is 0 Å². The summed E-state index contributed by atoms with van der Waals surface area (Å²) in [4.78, 5) is 53.9. The first-order valence-electron chi connectivity index (χ1n) is 6.47. The molecule has 0 fully saturated rings. The molecule has 0 heterocycles. The van der Waals surface area contributed by atoms with Crippen molar-refractivity contribution in [1.29, 1.82) is 0 Å². The number of phosphoric acid groups is 1. The van der Waals surface area contributed by atoms with Crippen LogP contribution in [0, 0.1) is 0 Å². The van der Waals surface area contributed by atoms with Crippen LogP contribution in [0.1, 0.15) is 23.2 Å². The maximum absolute atomic E-state index is 11.6. The molecule has 0 amide bonds. The van der Waals surface area contributed by atoms with E-state index in [1.165, 1.54) is 24.3 Å². The summed E-state index contributed by atoms with van der Waals surface area (Å²) >= 11 is 0. The van der Waals surface area contributed by atoms with Crippen LogP contribution in [0.25, 0.3) is 0 Å². The Balaban J connectivity index is 2.77. The highest BCUT2D eigenvalue weighted by Crippen LogP contribution is 2.44. The van der Waals surface area contributed by atoms with Crippen molar-refractivity contribution < 1.29 is 53.0 Å². The Hall–Kier alpha value is -2.75. The monoisotopic (exact) mass is 376 g/mol. The molecule has 0 aromatic heterocycles. The van der Waals surface area contributed by atoms with Crippen LogP contribution in [0.15, 0.2) is 30.3 Å². The van der Waals surface area contributed by atoms with Crippen molar-refractivity contribution >= 4 is 31.7 Å². The summed E-state index contributed by atoms with van der Waals surface area (Å²) in [6, 6.07) is 6.93. The van der Waals surface area contributed by atoms with Crippen LogP contribution >= 0.6 is 7.82 Å². The van der Waals surface area contributed by atoms with Crippen LogP contribution in [0.2, 0.25) is 0 Å². The Labute approximate surface area is 140 Å². The van der Waals surface area contributed by atoms with Gasteiger partial charge < -0.3 is 24.4 Å². The molecule has 1 rings (SSSR count). The van der Waals surface area contributed by atoms with Crippen LogP contribution < -0.4 is 0 Å². The van der Waals surface area contributed by atoms with Crippen molar-refractivity contribution in [3.8, 4) is 0 Å². The summed E-state index contributed by atoms with van der Waals surface area (Å²) in [6.45, 7) is 0. The van der Waals surface area contributed by atoms with Crippen LogP contribution in [-0.4, -0.2) is 49.7 Å². The third-order valence-corrected chi connectivity index (χ3v) is 3.53. The number of benzene rings is 1. The summed E-state index contributed by atoms with van der Waals surface area (Å²) in [5, 5.41) is 26.9. The van der Waals surface area contributed by atoms with Crippen molar-refractivity contribution in [3.05, 3.63) is 35.9 Å². The summed E-state index contributed by atoms with van der Waals surface area (Å²) in [5.74, 6) is -6.84. The molecule has 0 aliphatic heterocycles. The van der Waals surface area contributed by atoms with Gasteiger partial charge in [-0.25, -0.2) is 14.2 Å². The van der Waals surface area contributed by atoms with Gasteiger partial charge in [-0.1, -0.05) is 18.2 Å². The molecule has 0 aliphatic carbocycles. The first kappa shape index (κ1) is 20.3. The highest BCUT2D eigenvalue weighted by Gasteiger charge is 2.43. The van der Waals surface area contributed by atoms with E-state index in [4.69, 9.17) is 10.2 Å². The van der Waals surface area contributed by atoms with Gasteiger partial charge in [-0.3, -0.25) is 14.5 Å². The highest BCUT2D eigenvalue weighted by atomic mass is 31.2. The molecule has 2 atom stereocenters. The molecule has 0 saturated heterocycles. The molecule has 0 radical (unpaired) electrons. The number of carbonyl (C=O) groups is 4. The van der Waals surface area contributed by atoms with Gasteiger partial charge in [0.25, 0.3) is 0 Å². The van der Waals surface area contributed by atoms with Gasteiger partial charge in [0.05, 0.1) is 18.4 Å². The summed E-state index contributed by atoms with van der Waals surface area (Å²) in [6.07, 6.45) is -2.82. The standard InChI is InChI=1S/C13H13O11P/c14-9(15)6-13(20,12(18)19)7-10(16)23-25(21,22)24-11(17)8-4-2-1-3-5-8/h1-5,20H,6-7H2,(H,14,15)(H,18,19)(H,21,22). The third-order valence-electron chi connectivity index (χ3n) is 2.70. The minimum absolute atomic E-state index is 0.124. The van der Waals surface area contributed by atoms with E-state index in [1.807, 2.05) is 0 Å². The molecular formula is C13H13O11P. The summed E-state index contributed by atoms with van der Waals surface area (Å²) in [5.41, 5.74) is -3.19. The van der Waals surface area contributed by atoms with E-state index in [2.05, 4.69) is 9.05 Å². The van der Waals surface area contributed by atoms with Crippen molar-refractivity contribution in [2.45, 2.75) is 18.4 Å². The summed E-state index contributed by atoms with van der Waals surface area (Å²) in [7, 11) is -5.27. The maximum atomic E-state index is 11.6. The summed E-state index contributed by atoms with van der Waals surface area (Å²) < 4.78 is 19.7. The topological polar surface area (TPSA) is 185 Å². The number of phosphoric ester groups is 1. The Bertz CT molecular complexity index is 729. The lowest BCUT2D eigenvalue weighted by Crippen LogP contribution is -2.43. The maximum Gasteiger partial charge on any atom is 0.589 e. The van der Waals surface area contributed by atoms with Gasteiger partial charge in [-0.05, 0) is 12.1 Å². The van der Waals surface area contributed by atoms with Gasteiger partial charge in [0.2, 0.25) is 0 Å². The normalized spacial score (nSPS) is 15.3. The van der Waals surface area contributed by atoms with E-state index in [9.17, 15) is 33.7 Å². The van der Waals surface area contributed by atoms with Crippen LogP contribution in [0.4, 0.5) is 0 Å². The molecule has 11 nitrogen and oxygen atoms in total. The Morgan fingerprint density at radius 3 is 2.04 bits per heavy atom. The van der Waals surface area contributed by atoms with E-state index in [-0.39, 0.29) is 5.56 Å². The largest absolute Gasteiger partial charge is 0.589 e. The van der Waals surface area contributed by atoms with Crippen LogP contribution in [0.5, 0.6) is 0 Å². The zero-order chi connectivity index (χ0) is 19.3. The molecule has 4 N–H and O–H groups in total. The lowest BCUT2D eigenvalue weighted by Gasteiger charge is -2.20. The van der Waals surface area contributed by atoms with Gasteiger partial charge in [0.15, 0.2) is 5.60 Å². The fraction of sp³-hybridized carbons (Fsp3) is 0.231. The molecule has 0 bridgehead atoms. The average molecular weight is 376 g/mol. The van der Waals surface area contributed by atoms with Gasteiger partial charge in [0, 0.05) is 0 Å². The van der Waals surface area contributed by atoms with Crippen molar-refractivity contribution in [1.82, 2.24) is 0 Å². The lowest BCUT2D eigenvalue weighted by molar-refractivity contribution is -0.170. The molecule has 12 heteroatoms. The number of rotatable bonds is 8. The first-order chi connectivity index (χ1) is 11.4. The van der Waals surface area contributed by atoms with E-state index in [1.54, 1.807) is 6.07 Å². The Morgan fingerprint density at radius 2 is 1.56 bits per heavy atom. The second kappa shape index (κ2) is 7.88. The van der Waals surface area contributed by atoms with E-state index in [0.29, 0.717) is 0 Å². The number of aliphatic hydroxyl groups is 1. The zero-order valence-corrected chi connectivity index (χ0v) is 13.3. The zero-order valence-electron chi connectivity index (χ0n) is 12.4.